The highest BCUT2D eigenvalue weighted by molar-refractivity contribution is 5.85. The molecule has 8 nitrogen and oxygen atoms in total. The molecular formula is C28H36N6O2. The fourth-order valence-electron chi connectivity index (χ4n) is 4.77. The van der Waals surface area contributed by atoms with Crippen LogP contribution in [0.5, 0.6) is 5.75 Å². The molecule has 0 radical (unpaired) electrons. The van der Waals surface area contributed by atoms with Crippen LogP contribution in [-0.2, 0) is 18.6 Å². The van der Waals surface area contributed by atoms with Crippen molar-refractivity contribution in [2.45, 2.75) is 72.6 Å². The molecule has 0 bridgehead atoms. The quantitative estimate of drug-likeness (QED) is 0.373. The Morgan fingerprint density at radius 1 is 1.06 bits per heavy atom. The van der Waals surface area contributed by atoms with E-state index in [1.165, 1.54) is 0 Å². The number of methoxy groups -OCH3 is 1. The molecule has 0 saturated carbocycles. The van der Waals surface area contributed by atoms with Crippen molar-refractivity contribution in [3.05, 3.63) is 80.9 Å². The first kappa shape index (κ1) is 25.6. The number of nitrogens with one attached hydrogen (secondary N) is 1. The molecule has 0 aliphatic heterocycles. The van der Waals surface area contributed by atoms with Crippen LogP contribution >= 0.6 is 0 Å². The molecule has 0 aliphatic rings. The van der Waals surface area contributed by atoms with E-state index < -0.39 is 0 Å². The Balaban J connectivity index is 1.83. The van der Waals surface area contributed by atoms with Crippen LogP contribution in [0.25, 0.3) is 10.9 Å². The van der Waals surface area contributed by atoms with Crippen LogP contribution in [0.4, 0.5) is 0 Å². The summed E-state index contributed by atoms with van der Waals surface area (Å²) in [6.07, 6.45) is 0.773. The summed E-state index contributed by atoms with van der Waals surface area (Å²) in [6.45, 7) is 13.5. The Bertz CT molecular complexity index is 1420. The number of tetrazole rings is 1. The van der Waals surface area contributed by atoms with Crippen molar-refractivity contribution in [2.24, 2.45) is 0 Å². The number of ether oxygens (including phenoxy) is 1. The molecule has 2 aromatic carbocycles. The van der Waals surface area contributed by atoms with Crippen molar-refractivity contribution in [3.63, 3.8) is 0 Å². The second-order valence-electron chi connectivity index (χ2n) is 10.4. The summed E-state index contributed by atoms with van der Waals surface area (Å²) in [5.74, 6) is 1.59. The maximum absolute atomic E-state index is 13.3. The van der Waals surface area contributed by atoms with E-state index in [9.17, 15) is 4.79 Å². The Labute approximate surface area is 212 Å². The number of aromatic amines is 1. The summed E-state index contributed by atoms with van der Waals surface area (Å²) in [7, 11) is 1.68. The Morgan fingerprint density at radius 3 is 2.44 bits per heavy atom. The van der Waals surface area contributed by atoms with Crippen LogP contribution in [0.3, 0.4) is 0 Å². The first-order valence-electron chi connectivity index (χ1n) is 12.4. The van der Waals surface area contributed by atoms with E-state index in [1.54, 1.807) is 7.11 Å². The number of aromatic nitrogens is 5. The molecule has 0 saturated heterocycles. The lowest BCUT2D eigenvalue weighted by Gasteiger charge is -2.32. The van der Waals surface area contributed by atoms with Gasteiger partial charge in [0.1, 0.15) is 5.75 Å². The van der Waals surface area contributed by atoms with Crippen molar-refractivity contribution < 1.29 is 4.74 Å². The number of H-pyrrole nitrogens is 1. The van der Waals surface area contributed by atoms with Crippen molar-refractivity contribution >= 4 is 10.9 Å². The van der Waals surface area contributed by atoms with E-state index in [4.69, 9.17) is 4.74 Å². The molecule has 0 spiro atoms. The highest BCUT2D eigenvalue weighted by atomic mass is 16.5. The summed E-state index contributed by atoms with van der Waals surface area (Å²) in [6, 6.07) is 14.0. The molecule has 1 N–H and O–H groups in total. The molecule has 4 rings (SSSR count). The first-order chi connectivity index (χ1) is 17.1. The van der Waals surface area contributed by atoms with Gasteiger partial charge in [0.15, 0.2) is 5.82 Å². The van der Waals surface area contributed by atoms with E-state index >= 15 is 0 Å². The third-order valence-corrected chi connectivity index (χ3v) is 6.71. The lowest BCUT2D eigenvalue weighted by molar-refractivity contribution is 0.152. The molecule has 0 fully saturated rings. The highest BCUT2D eigenvalue weighted by Crippen LogP contribution is 2.31. The van der Waals surface area contributed by atoms with Gasteiger partial charge in [0, 0.05) is 29.6 Å². The Kier molecular flexibility index (Phi) is 7.26. The average Bonchev–Trinajstić information content (AvgIpc) is 3.33. The second kappa shape index (κ2) is 10.2. The van der Waals surface area contributed by atoms with E-state index in [0.717, 1.165) is 45.6 Å². The zero-order valence-electron chi connectivity index (χ0n) is 22.3. The summed E-state index contributed by atoms with van der Waals surface area (Å²) in [4.78, 5) is 18.7. The number of rotatable bonds is 8. The molecule has 8 heteroatoms. The zero-order chi connectivity index (χ0) is 26.0. The van der Waals surface area contributed by atoms with E-state index in [1.807, 2.05) is 41.9 Å². The Hall–Kier alpha value is -3.52. The lowest BCUT2D eigenvalue weighted by Crippen LogP contribution is -2.35. The number of aryl methyl sites for hydroxylation is 2. The van der Waals surface area contributed by atoms with Crippen LogP contribution in [0.15, 0.2) is 47.3 Å². The molecule has 36 heavy (non-hydrogen) atoms. The minimum Gasteiger partial charge on any atom is -0.496 e. The number of pyridine rings is 1. The normalized spacial score (nSPS) is 12.9. The van der Waals surface area contributed by atoms with Gasteiger partial charge in [-0.2, -0.15) is 0 Å². The summed E-state index contributed by atoms with van der Waals surface area (Å²) in [5.41, 5.74) is 4.47. The Morgan fingerprint density at radius 2 is 1.75 bits per heavy atom. The number of hydrogen-bond acceptors (Lipinski definition) is 6. The summed E-state index contributed by atoms with van der Waals surface area (Å²) in [5, 5.41) is 13.8. The van der Waals surface area contributed by atoms with Crippen molar-refractivity contribution in [1.82, 2.24) is 30.1 Å². The highest BCUT2D eigenvalue weighted by Gasteiger charge is 2.30. The van der Waals surface area contributed by atoms with Gasteiger partial charge in [-0.3, -0.25) is 9.69 Å². The summed E-state index contributed by atoms with van der Waals surface area (Å²) < 4.78 is 7.53. The van der Waals surface area contributed by atoms with Gasteiger partial charge in [-0.05, 0) is 74.7 Å². The SMILES string of the molecule is CCC(c1nnnn1C(C)(C)C)N(Cc1ccccc1OC)Cc1cc2c(C)ccc(C)c2[nH]c1=O. The topological polar surface area (TPSA) is 88.9 Å². The monoisotopic (exact) mass is 488 g/mol. The first-order valence-corrected chi connectivity index (χ1v) is 12.4. The molecule has 1 atom stereocenters. The minimum atomic E-state index is -0.280. The molecule has 2 aromatic heterocycles. The standard InChI is InChI=1S/C28H36N6O2/c1-8-23(26-30-31-32-34(26)28(4,5)6)33(16-20-11-9-10-12-24(20)36-7)17-21-15-22-18(2)13-14-19(3)25(22)29-27(21)35/h9-15,23H,8,16-17H2,1-7H3,(H,29,35). The maximum Gasteiger partial charge on any atom is 0.252 e. The predicted octanol–water partition coefficient (Wildman–Crippen LogP) is 5.05. The number of hydrogen-bond donors (Lipinski definition) is 1. The average molecular weight is 489 g/mol. The fourth-order valence-corrected chi connectivity index (χ4v) is 4.77. The lowest BCUT2D eigenvalue weighted by atomic mass is 10.0. The van der Waals surface area contributed by atoms with Gasteiger partial charge in [-0.15, -0.1) is 5.10 Å². The molecular weight excluding hydrogens is 452 g/mol. The van der Waals surface area contributed by atoms with Gasteiger partial charge < -0.3 is 9.72 Å². The van der Waals surface area contributed by atoms with Crippen molar-refractivity contribution in [3.8, 4) is 5.75 Å². The molecule has 0 amide bonds. The fraction of sp³-hybridized carbons (Fsp3) is 0.429. The predicted molar refractivity (Wildman–Crippen MR) is 142 cm³/mol. The van der Waals surface area contributed by atoms with E-state index in [0.29, 0.717) is 18.7 Å². The van der Waals surface area contributed by atoms with Gasteiger partial charge in [0.05, 0.1) is 24.2 Å². The van der Waals surface area contributed by atoms with Crippen LogP contribution < -0.4 is 10.3 Å². The van der Waals surface area contributed by atoms with Crippen molar-refractivity contribution in [2.75, 3.05) is 7.11 Å². The van der Waals surface area contributed by atoms with Gasteiger partial charge in [0.2, 0.25) is 0 Å². The number of fused-ring (bicyclic) bond motifs is 1. The summed E-state index contributed by atoms with van der Waals surface area (Å²) >= 11 is 0. The molecule has 2 heterocycles. The molecule has 1 unspecified atom stereocenters. The smallest absolute Gasteiger partial charge is 0.252 e. The molecule has 4 aromatic rings. The largest absolute Gasteiger partial charge is 0.496 e. The second-order valence-corrected chi connectivity index (χ2v) is 10.4. The van der Waals surface area contributed by atoms with Crippen LogP contribution in [0.2, 0.25) is 0 Å². The van der Waals surface area contributed by atoms with Crippen molar-refractivity contribution in [1.29, 1.82) is 0 Å². The van der Waals surface area contributed by atoms with Crippen LogP contribution in [-0.4, -0.2) is 37.2 Å². The maximum atomic E-state index is 13.3. The van der Waals surface area contributed by atoms with Gasteiger partial charge in [-0.25, -0.2) is 4.68 Å². The number of para-hydroxylation sites is 1. The van der Waals surface area contributed by atoms with Crippen LogP contribution in [0.1, 0.15) is 68.2 Å². The van der Waals surface area contributed by atoms with E-state index in [-0.39, 0.29) is 17.1 Å². The van der Waals surface area contributed by atoms with E-state index in [2.05, 4.69) is 72.2 Å². The van der Waals surface area contributed by atoms with Gasteiger partial charge in [0.25, 0.3) is 5.56 Å². The van der Waals surface area contributed by atoms with Gasteiger partial charge in [-0.1, -0.05) is 37.3 Å². The van der Waals surface area contributed by atoms with Crippen LogP contribution in [0, 0.1) is 13.8 Å². The zero-order valence-corrected chi connectivity index (χ0v) is 22.3. The number of nitrogens with zero attached hydrogens (tertiary/aromatic N) is 5. The molecule has 0 aliphatic carbocycles. The molecule has 190 valence electrons. The number of benzene rings is 2. The third kappa shape index (κ3) is 5.04. The minimum absolute atomic E-state index is 0.0773. The van der Waals surface area contributed by atoms with Gasteiger partial charge >= 0.3 is 0 Å². The third-order valence-electron chi connectivity index (χ3n) is 6.71.